The summed E-state index contributed by atoms with van der Waals surface area (Å²) in [7, 11) is -3.75. The van der Waals surface area contributed by atoms with Crippen LogP contribution in [0.2, 0.25) is 0 Å². The van der Waals surface area contributed by atoms with Crippen LogP contribution in [0.3, 0.4) is 0 Å². The van der Waals surface area contributed by atoms with Crippen LogP contribution in [0.25, 0.3) is 0 Å². The normalized spacial score (nSPS) is 15.3. The predicted molar refractivity (Wildman–Crippen MR) is 94.5 cm³/mol. The number of nitrogens with one attached hydrogen (secondary N) is 1. The van der Waals surface area contributed by atoms with Gasteiger partial charge in [-0.3, -0.25) is 4.72 Å². The van der Waals surface area contributed by atoms with Crippen molar-refractivity contribution in [2.75, 3.05) is 22.7 Å². The predicted octanol–water partition coefficient (Wildman–Crippen LogP) is 3.93. The molecule has 1 heterocycles. The molecule has 1 aliphatic rings. The van der Waals surface area contributed by atoms with Gasteiger partial charge in [0.1, 0.15) is 5.82 Å². The maximum atomic E-state index is 14.4. The van der Waals surface area contributed by atoms with Gasteiger partial charge in [0.2, 0.25) is 0 Å². The third-order valence-electron chi connectivity index (χ3n) is 4.23. The number of piperidine rings is 1. The maximum Gasteiger partial charge on any atom is 0.261 e. The van der Waals surface area contributed by atoms with Gasteiger partial charge in [0.15, 0.2) is 0 Å². The molecule has 0 unspecified atom stereocenters. The average Bonchev–Trinajstić information content (AvgIpc) is 2.56. The van der Waals surface area contributed by atoms with Crippen LogP contribution in [0.15, 0.2) is 47.4 Å². The summed E-state index contributed by atoms with van der Waals surface area (Å²) in [5.74, 6) is -0.402. The lowest BCUT2D eigenvalue weighted by Gasteiger charge is -2.30. The van der Waals surface area contributed by atoms with Gasteiger partial charge >= 0.3 is 0 Å². The molecule has 6 heteroatoms. The van der Waals surface area contributed by atoms with Crippen LogP contribution in [0, 0.1) is 12.7 Å². The largest absolute Gasteiger partial charge is 0.367 e. The summed E-state index contributed by atoms with van der Waals surface area (Å²) in [5, 5.41) is 0. The Labute approximate surface area is 142 Å². The lowest BCUT2D eigenvalue weighted by atomic mass is 10.1. The molecule has 24 heavy (non-hydrogen) atoms. The van der Waals surface area contributed by atoms with Gasteiger partial charge in [-0.2, -0.15) is 0 Å². The van der Waals surface area contributed by atoms with Crippen molar-refractivity contribution in [3.8, 4) is 0 Å². The van der Waals surface area contributed by atoms with Crippen LogP contribution in [0.1, 0.15) is 24.8 Å². The van der Waals surface area contributed by atoms with Crippen LogP contribution in [-0.4, -0.2) is 21.5 Å². The number of anilines is 2. The Morgan fingerprint density at radius 1 is 1.00 bits per heavy atom. The van der Waals surface area contributed by atoms with Crippen LogP contribution >= 0.6 is 0 Å². The molecule has 2 aromatic carbocycles. The number of hydrogen-bond acceptors (Lipinski definition) is 3. The van der Waals surface area contributed by atoms with Crippen LogP contribution < -0.4 is 9.62 Å². The molecule has 0 atom stereocenters. The van der Waals surface area contributed by atoms with E-state index < -0.39 is 15.8 Å². The van der Waals surface area contributed by atoms with E-state index in [9.17, 15) is 12.8 Å². The molecule has 3 rings (SSSR count). The van der Waals surface area contributed by atoms with Crippen molar-refractivity contribution in [3.63, 3.8) is 0 Å². The fourth-order valence-corrected chi connectivity index (χ4v) is 4.02. The van der Waals surface area contributed by atoms with Gasteiger partial charge in [-0.05, 0) is 50.5 Å². The molecule has 0 bridgehead atoms. The molecule has 4 nitrogen and oxygen atoms in total. The van der Waals surface area contributed by atoms with Gasteiger partial charge in [0.05, 0.1) is 16.3 Å². The van der Waals surface area contributed by atoms with Gasteiger partial charge in [-0.1, -0.05) is 23.8 Å². The Morgan fingerprint density at radius 2 is 1.67 bits per heavy atom. The summed E-state index contributed by atoms with van der Waals surface area (Å²) >= 11 is 0. The van der Waals surface area contributed by atoms with E-state index in [0.29, 0.717) is 5.69 Å². The minimum Gasteiger partial charge on any atom is -0.367 e. The zero-order valence-corrected chi connectivity index (χ0v) is 14.4. The molecule has 0 aromatic heterocycles. The second kappa shape index (κ2) is 6.81. The van der Waals surface area contributed by atoms with Crippen LogP contribution in [0.5, 0.6) is 0 Å². The van der Waals surface area contributed by atoms with E-state index in [1.165, 1.54) is 12.1 Å². The molecular formula is C18H21FN2O2S. The Hall–Kier alpha value is -2.08. The lowest BCUT2D eigenvalue weighted by molar-refractivity contribution is 0.557. The molecule has 1 N–H and O–H groups in total. The SMILES string of the molecule is Cc1ccc(S(=O)(=O)Nc2cccc(F)c2N2CCCCC2)cc1. The summed E-state index contributed by atoms with van der Waals surface area (Å²) in [6.45, 7) is 3.37. The number of rotatable bonds is 4. The zero-order chi connectivity index (χ0) is 17.2. The van der Waals surface area contributed by atoms with Crippen LogP contribution in [-0.2, 0) is 10.0 Å². The Kier molecular flexibility index (Phi) is 4.76. The van der Waals surface area contributed by atoms with Crippen molar-refractivity contribution in [2.45, 2.75) is 31.1 Å². The van der Waals surface area contributed by atoms with Gasteiger partial charge in [0, 0.05) is 13.1 Å². The van der Waals surface area contributed by atoms with Gasteiger partial charge in [-0.15, -0.1) is 0 Å². The molecule has 1 aliphatic heterocycles. The monoisotopic (exact) mass is 348 g/mol. The van der Waals surface area contributed by atoms with E-state index in [1.54, 1.807) is 30.3 Å². The van der Waals surface area contributed by atoms with Crippen molar-refractivity contribution >= 4 is 21.4 Å². The summed E-state index contributed by atoms with van der Waals surface area (Å²) in [4.78, 5) is 2.09. The third kappa shape index (κ3) is 3.53. The standard InChI is InChI=1S/C18H21FN2O2S/c1-14-8-10-15(11-9-14)24(22,23)20-17-7-5-6-16(19)18(17)21-12-3-2-4-13-21/h5-11,20H,2-4,12-13H2,1H3. The summed E-state index contributed by atoms with van der Waals surface area (Å²) < 4.78 is 42.2. The van der Waals surface area contributed by atoms with E-state index >= 15 is 0 Å². The second-order valence-electron chi connectivity index (χ2n) is 6.10. The Bertz CT molecular complexity index is 813. The van der Waals surface area contributed by atoms with E-state index in [1.807, 2.05) is 11.8 Å². The van der Waals surface area contributed by atoms with E-state index in [4.69, 9.17) is 0 Å². The van der Waals surface area contributed by atoms with Crippen LogP contribution in [0.4, 0.5) is 15.8 Å². The fraction of sp³-hybridized carbons (Fsp3) is 0.333. The second-order valence-corrected chi connectivity index (χ2v) is 7.78. The van der Waals surface area contributed by atoms with Gasteiger partial charge < -0.3 is 4.90 Å². The van der Waals surface area contributed by atoms with E-state index in [-0.39, 0.29) is 10.6 Å². The topological polar surface area (TPSA) is 49.4 Å². The molecule has 0 amide bonds. The number of para-hydroxylation sites is 1. The smallest absolute Gasteiger partial charge is 0.261 e. The molecular weight excluding hydrogens is 327 g/mol. The van der Waals surface area contributed by atoms with E-state index in [2.05, 4.69) is 4.72 Å². The number of aryl methyl sites for hydroxylation is 1. The molecule has 0 radical (unpaired) electrons. The Balaban J connectivity index is 1.94. The molecule has 1 fully saturated rings. The van der Waals surface area contributed by atoms with Crippen molar-refractivity contribution in [2.24, 2.45) is 0 Å². The number of hydrogen-bond donors (Lipinski definition) is 1. The highest BCUT2D eigenvalue weighted by atomic mass is 32.2. The number of sulfonamides is 1. The maximum absolute atomic E-state index is 14.4. The lowest BCUT2D eigenvalue weighted by Crippen LogP contribution is -2.31. The highest BCUT2D eigenvalue weighted by Crippen LogP contribution is 2.32. The quantitative estimate of drug-likeness (QED) is 0.911. The molecule has 1 saturated heterocycles. The first kappa shape index (κ1) is 16.8. The minimum absolute atomic E-state index is 0.168. The summed E-state index contributed by atoms with van der Waals surface area (Å²) in [6.07, 6.45) is 3.09. The fourth-order valence-electron chi connectivity index (χ4n) is 2.96. The third-order valence-corrected chi connectivity index (χ3v) is 5.62. The minimum atomic E-state index is -3.75. The highest BCUT2D eigenvalue weighted by molar-refractivity contribution is 7.92. The van der Waals surface area contributed by atoms with Crippen molar-refractivity contribution < 1.29 is 12.8 Å². The Morgan fingerprint density at radius 3 is 2.33 bits per heavy atom. The van der Waals surface area contributed by atoms with Crippen molar-refractivity contribution in [1.82, 2.24) is 0 Å². The van der Waals surface area contributed by atoms with Crippen molar-refractivity contribution in [1.29, 1.82) is 0 Å². The molecule has 128 valence electrons. The van der Waals surface area contributed by atoms with Gasteiger partial charge in [0.25, 0.3) is 10.0 Å². The molecule has 0 aliphatic carbocycles. The molecule has 2 aromatic rings. The first-order chi connectivity index (χ1) is 11.5. The molecule has 0 saturated carbocycles. The summed E-state index contributed by atoms with van der Waals surface area (Å²) in [6, 6.07) is 11.1. The number of halogens is 1. The molecule has 0 spiro atoms. The number of nitrogens with zero attached hydrogens (tertiary/aromatic N) is 1. The van der Waals surface area contributed by atoms with E-state index in [0.717, 1.165) is 37.9 Å². The summed E-state index contributed by atoms with van der Waals surface area (Å²) in [5.41, 5.74) is 1.61. The number of benzene rings is 2. The zero-order valence-electron chi connectivity index (χ0n) is 13.6. The van der Waals surface area contributed by atoms with Crippen molar-refractivity contribution in [3.05, 3.63) is 53.8 Å². The first-order valence-electron chi connectivity index (χ1n) is 8.10. The average molecular weight is 348 g/mol. The van der Waals surface area contributed by atoms with Gasteiger partial charge in [-0.25, -0.2) is 12.8 Å². The highest BCUT2D eigenvalue weighted by Gasteiger charge is 2.22. The first-order valence-corrected chi connectivity index (χ1v) is 9.59.